The molecule has 0 fully saturated rings. The lowest BCUT2D eigenvalue weighted by Gasteiger charge is -2.10. The van der Waals surface area contributed by atoms with Crippen LogP contribution < -0.4 is 4.74 Å². The smallest absolute Gasteiger partial charge is 0.133 e. The molecular weight excluding hydrogens is 395 g/mol. The molecule has 3 rings (SSSR count). The van der Waals surface area contributed by atoms with Crippen LogP contribution in [0.5, 0.6) is 5.75 Å². The molecule has 0 aliphatic heterocycles. The van der Waals surface area contributed by atoms with E-state index in [0.29, 0.717) is 6.61 Å². The van der Waals surface area contributed by atoms with Crippen molar-refractivity contribution in [1.29, 1.82) is 0 Å². The normalized spacial score (nSPS) is 10.1. The molecule has 3 aromatic carbocycles. The fraction of sp³-hybridized carbons (Fsp3) is 0.0476. The lowest BCUT2D eigenvalue weighted by Crippen LogP contribution is -1.98. The van der Waals surface area contributed by atoms with Gasteiger partial charge in [0.25, 0.3) is 0 Å². The molecule has 0 saturated heterocycles. The molecule has 0 aliphatic rings. The number of rotatable bonds is 5. The van der Waals surface area contributed by atoms with Crippen molar-refractivity contribution < 1.29 is 4.74 Å². The Bertz CT molecular complexity index is 738. The lowest BCUT2D eigenvalue weighted by molar-refractivity contribution is 0.361. The van der Waals surface area contributed by atoms with Gasteiger partial charge in [0.2, 0.25) is 0 Å². The van der Waals surface area contributed by atoms with E-state index in [2.05, 4.69) is 83.3 Å². The van der Waals surface area contributed by atoms with E-state index in [1.165, 1.54) is 16.7 Å². The second kappa shape index (κ2) is 7.97. The van der Waals surface area contributed by atoms with Crippen LogP contribution in [0.2, 0.25) is 0 Å². The van der Waals surface area contributed by atoms with Gasteiger partial charge in [0.1, 0.15) is 12.4 Å². The van der Waals surface area contributed by atoms with Gasteiger partial charge in [-0.05, 0) is 57.5 Å². The summed E-state index contributed by atoms with van der Waals surface area (Å²) in [6, 6.07) is 28.9. The van der Waals surface area contributed by atoms with E-state index in [-0.39, 0.29) is 0 Å². The Kier molecular flexibility index (Phi) is 5.48. The highest BCUT2D eigenvalue weighted by molar-refractivity contribution is 14.1. The minimum Gasteiger partial charge on any atom is -0.488 e. The van der Waals surface area contributed by atoms with Gasteiger partial charge >= 0.3 is 0 Å². The summed E-state index contributed by atoms with van der Waals surface area (Å²) in [5.41, 5.74) is 3.59. The third-order valence-electron chi connectivity index (χ3n) is 3.53. The number of halogens is 1. The summed E-state index contributed by atoms with van der Waals surface area (Å²) in [6.45, 7) is 0.541. The van der Waals surface area contributed by atoms with Crippen LogP contribution in [-0.4, -0.2) is 6.61 Å². The Balaban J connectivity index is 1.85. The monoisotopic (exact) mass is 412 g/mol. The zero-order valence-electron chi connectivity index (χ0n) is 12.7. The molecule has 0 N–H and O–H groups in total. The third kappa shape index (κ3) is 4.23. The van der Waals surface area contributed by atoms with Crippen molar-refractivity contribution in [1.82, 2.24) is 0 Å². The SMILES string of the molecule is Ic1ccccc1OCC=C(c1ccccc1)c1ccccc1. The lowest BCUT2D eigenvalue weighted by atomic mass is 9.98. The molecule has 0 heterocycles. The number of para-hydroxylation sites is 1. The minimum absolute atomic E-state index is 0.541. The summed E-state index contributed by atoms with van der Waals surface area (Å²) in [5.74, 6) is 0.921. The van der Waals surface area contributed by atoms with Gasteiger partial charge in [0.05, 0.1) is 3.57 Å². The van der Waals surface area contributed by atoms with Gasteiger partial charge in [-0.25, -0.2) is 0 Å². The highest BCUT2D eigenvalue weighted by Crippen LogP contribution is 2.24. The molecule has 0 bridgehead atoms. The minimum atomic E-state index is 0.541. The Hall–Kier alpha value is -2.07. The second-order valence-electron chi connectivity index (χ2n) is 5.09. The van der Waals surface area contributed by atoms with E-state index >= 15 is 0 Å². The van der Waals surface area contributed by atoms with Crippen LogP contribution >= 0.6 is 22.6 Å². The van der Waals surface area contributed by atoms with Gasteiger partial charge in [-0.3, -0.25) is 0 Å². The average Bonchev–Trinajstić information content (AvgIpc) is 2.62. The van der Waals surface area contributed by atoms with Crippen LogP contribution in [-0.2, 0) is 0 Å². The maximum atomic E-state index is 5.93. The molecule has 23 heavy (non-hydrogen) atoms. The molecule has 0 amide bonds. The van der Waals surface area contributed by atoms with Gasteiger partial charge in [-0.15, -0.1) is 0 Å². The molecular formula is C21H17IO. The first kappa shape index (κ1) is 15.8. The van der Waals surface area contributed by atoms with Crippen molar-refractivity contribution in [3.8, 4) is 5.75 Å². The molecule has 114 valence electrons. The molecule has 0 radical (unpaired) electrons. The van der Waals surface area contributed by atoms with E-state index < -0.39 is 0 Å². The van der Waals surface area contributed by atoms with Crippen molar-refractivity contribution >= 4 is 28.2 Å². The average molecular weight is 412 g/mol. The summed E-state index contributed by atoms with van der Waals surface area (Å²) < 4.78 is 7.05. The molecule has 0 aromatic heterocycles. The topological polar surface area (TPSA) is 9.23 Å². The van der Waals surface area contributed by atoms with E-state index in [9.17, 15) is 0 Å². The van der Waals surface area contributed by atoms with E-state index in [0.717, 1.165) is 9.32 Å². The first-order chi connectivity index (χ1) is 11.3. The summed E-state index contributed by atoms with van der Waals surface area (Å²) >= 11 is 2.29. The number of hydrogen-bond donors (Lipinski definition) is 0. The van der Waals surface area contributed by atoms with Crippen LogP contribution in [0.15, 0.2) is 91.0 Å². The third-order valence-corrected chi connectivity index (χ3v) is 4.42. The maximum absolute atomic E-state index is 5.93. The van der Waals surface area contributed by atoms with Crippen LogP contribution in [0.3, 0.4) is 0 Å². The van der Waals surface area contributed by atoms with Crippen molar-refractivity contribution in [3.05, 3.63) is 106 Å². The Morgan fingerprint density at radius 1 is 0.739 bits per heavy atom. The van der Waals surface area contributed by atoms with Crippen molar-refractivity contribution in [2.45, 2.75) is 0 Å². The maximum Gasteiger partial charge on any atom is 0.133 e. The molecule has 1 nitrogen and oxygen atoms in total. The van der Waals surface area contributed by atoms with Crippen molar-refractivity contribution in [2.24, 2.45) is 0 Å². The van der Waals surface area contributed by atoms with Crippen LogP contribution in [0.1, 0.15) is 11.1 Å². The Morgan fingerprint density at radius 2 is 1.26 bits per heavy atom. The molecule has 0 spiro atoms. The first-order valence-electron chi connectivity index (χ1n) is 7.53. The number of hydrogen-bond acceptors (Lipinski definition) is 1. The number of ether oxygens (including phenoxy) is 1. The fourth-order valence-electron chi connectivity index (χ4n) is 2.41. The van der Waals surface area contributed by atoms with E-state index in [1.807, 2.05) is 30.3 Å². The molecule has 0 aliphatic carbocycles. The van der Waals surface area contributed by atoms with Crippen molar-refractivity contribution in [2.75, 3.05) is 6.61 Å². The highest BCUT2D eigenvalue weighted by Gasteiger charge is 2.04. The molecule has 0 unspecified atom stereocenters. The van der Waals surface area contributed by atoms with Gasteiger partial charge < -0.3 is 4.74 Å². The largest absolute Gasteiger partial charge is 0.488 e. The highest BCUT2D eigenvalue weighted by atomic mass is 127. The van der Waals surface area contributed by atoms with Crippen LogP contribution in [0.4, 0.5) is 0 Å². The zero-order chi connectivity index (χ0) is 15.9. The second-order valence-corrected chi connectivity index (χ2v) is 6.25. The number of benzene rings is 3. The predicted octanol–water partition coefficient (Wildman–Crippen LogP) is 5.80. The van der Waals surface area contributed by atoms with Gasteiger partial charge in [-0.1, -0.05) is 72.8 Å². The molecule has 0 saturated carbocycles. The summed E-state index contributed by atoms with van der Waals surface area (Å²) in [6.07, 6.45) is 2.15. The van der Waals surface area contributed by atoms with Crippen LogP contribution in [0, 0.1) is 3.57 Å². The van der Waals surface area contributed by atoms with Gasteiger partial charge in [-0.2, -0.15) is 0 Å². The summed E-state index contributed by atoms with van der Waals surface area (Å²) in [5, 5.41) is 0. The van der Waals surface area contributed by atoms with Crippen LogP contribution in [0.25, 0.3) is 5.57 Å². The molecule has 2 heteroatoms. The Labute approximate surface area is 150 Å². The first-order valence-corrected chi connectivity index (χ1v) is 8.61. The van der Waals surface area contributed by atoms with E-state index in [4.69, 9.17) is 4.74 Å². The fourth-order valence-corrected chi connectivity index (χ4v) is 2.96. The quantitative estimate of drug-likeness (QED) is 0.481. The Morgan fingerprint density at radius 3 is 1.83 bits per heavy atom. The molecule has 0 atom stereocenters. The molecule has 3 aromatic rings. The van der Waals surface area contributed by atoms with Crippen molar-refractivity contribution in [3.63, 3.8) is 0 Å². The zero-order valence-corrected chi connectivity index (χ0v) is 14.8. The van der Waals surface area contributed by atoms with Gasteiger partial charge in [0.15, 0.2) is 0 Å². The summed E-state index contributed by atoms with van der Waals surface area (Å²) in [7, 11) is 0. The standard InChI is InChI=1S/C21H17IO/c22-20-13-7-8-14-21(20)23-16-15-19(17-9-3-1-4-10-17)18-11-5-2-6-12-18/h1-15H,16H2. The summed E-state index contributed by atoms with van der Waals surface area (Å²) in [4.78, 5) is 0. The van der Waals surface area contributed by atoms with E-state index in [1.54, 1.807) is 0 Å². The van der Waals surface area contributed by atoms with Gasteiger partial charge in [0, 0.05) is 0 Å². The predicted molar refractivity (Wildman–Crippen MR) is 105 cm³/mol.